The summed E-state index contributed by atoms with van der Waals surface area (Å²) in [5.74, 6) is -0.429. The summed E-state index contributed by atoms with van der Waals surface area (Å²) >= 11 is 0. The van der Waals surface area contributed by atoms with Crippen molar-refractivity contribution >= 4 is 27.5 Å². The van der Waals surface area contributed by atoms with Gasteiger partial charge in [-0.25, -0.2) is 8.42 Å². The summed E-state index contributed by atoms with van der Waals surface area (Å²) in [6, 6.07) is 20.9. The largest absolute Gasteiger partial charge is 0.354 e. The van der Waals surface area contributed by atoms with Gasteiger partial charge in [-0.1, -0.05) is 87.4 Å². The van der Waals surface area contributed by atoms with E-state index in [0.717, 1.165) is 33.0 Å². The Kier molecular flexibility index (Phi) is 11.1. The first-order valence-electron chi connectivity index (χ1n) is 14.3. The molecule has 2 amide bonds. The monoisotopic (exact) mass is 577 g/mol. The molecule has 7 nitrogen and oxygen atoms in total. The van der Waals surface area contributed by atoms with Gasteiger partial charge in [0.1, 0.15) is 12.6 Å². The van der Waals surface area contributed by atoms with E-state index in [2.05, 4.69) is 19.2 Å². The molecule has 3 aromatic rings. The fourth-order valence-corrected chi connectivity index (χ4v) is 5.98. The van der Waals surface area contributed by atoms with Crippen molar-refractivity contribution < 1.29 is 18.0 Å². The molecule has 8 heteroatoms. The number of sulfonamides is 1. The molecule has 0 saturated heterocycles. The minimum Gasteiger partial charge on any atom is -0.354 e. The highest BCUT2D eigenvalue weighted by molar-refractivity contribution is 7.92. The number of carbonyl (C=O) groups excluding carboxylic acids is 2. The third kappa shape index (κ3) is 8.19. The Morgan fingerprint density at radius 3 is 1.90 bits per heavy atom. The Balaban J connectivity index is 2.06. The Labute approximate surface area is 245 Å². The zero-order valence-electron chi connectivity index (χ0n) is 25.1. The van der Waals surface area contributed by atoms with Gasteiger partial charge in [0.15, 0.2) is 0 Å². The smallest absolute Gasteiger partial charge is 0.264 e. The van der Waals surface area contributed by atoms with Gasteiger partial charge in [0.25, 0.3) is 10.0 Å². The highest BCUT2D eigenvalue weighted by Crippen LogP contribution is 2.27. The molecule has 3 aromatic carbocycles. The van der Waals surface area contributed by atoms with Gasteiger partial charge >= 0.3 is 0 Å². The van der Waals surface area contributed by atoms with Crippen molar-refractivity contribution in [3.63, 3.8) is 0 Å². The van der Waals surface area contributed by atoms with Crippen LogP contribution < -0.4 is 9.62 Å². The first kappa shape index (κ1) is 31.9. The van der Waals surface area contributed by atoms with Gasteiger partial charge in [-0.05, 0) is 68.0 Å². The van der Waals surface area contributed by atoms with Crippen molar-refractivity contribution in [2.75, 3.05) is 17.4 Å². The number of rotatable bonds is 13. The van der Waals surface area contributed by atoms with Crippen LogP contribution in [0, 0.1) is 13.8 Å². The maximum absolute atomic E-state index is 14.1. The summed E-state index contributed by atoms with van der Waals surface area (Å²) in [5, 5.41) is 2.91. The molecule has 0 radical (unpaired) electrons. The van der Waals surface area contributed by atoms with Gasteiger partial charge in [-0.3, -0.25) is 13.9 Å². The summed E-state index contributed by atoms with van der Waals surface area (Å²) in [6.07, 6.45) is 1.16. The van der Waals surface area contributed by atoms with Crippen LogP contribution in [-0.2, 0) is 26.2 Å². The molecule has 0 aliphatic rings. The molecule has 0 bridgehead atoms. The van der Waals surface area contributed by atoms with Crippen molar-refractivity contribution in [2.24, 2.45) is 0 Å². The molecule has 41 heavy (non-hydrogen) atoms. The lowest BCUT2D eigenvalue weighted by Crippen LogP contribution is -2.52. The van der Waals surface area contributed by atoms with Crippen molar-refractivity contribution in [2.45, 2.75) is 77.8 Å². The summed E-state index contributed by atoms with van der Waals surface area (Å²) in [5.41, 5.74) is 4.33. The molecule has 1 atom stereocenters. The number of amides is 2. The number of carbonyl (C=O) groups is 2. The van der Waals surface area contributed by atoms with Crippen LogP contribution in [0.15, 0.2) is 77.7 Å². The van der Waals surface area contributed by atoms with Crippen molar-refractivity contribution in [1.82, 2.24) is 10.2 Å². The standard InChI is InChI=1S/C33H43N3O4S/c1-7-21-34-33(38)31(8-2)35(22-27-13-9-25(5)10-14-27)32(37)23-36(29-17-15-28(16-18-29)24(3)4)41(39,40)30-19-11-26(6)12-20-30/h9-20,24,31H,7-8,21-23H2,1-6H3,(H,34,38)/t31-/m1/s1. The summed E-state index contributed by atoms with van der Waals surface area (Å²) in [7, 11) is -4.09. The van der Waals surface area contributed by atoms with Gasteiger partial charge in [-0.15, -0.1) is 0 Å². The SMILES string of the molecule is CCCNC(=O)[C@@H](CC)N(Cc1ccc(C)cc1)C(=O)CN(c1ccc(C(C)C)cc1)S(=O)(=O)c1ccc(C)cc1. The van der Waals surface area contributed by atoms with Crippen molar-refractivity contribution in [3.05, 3.63) is 95.1 Å². The summed E-state index contributed by atoms with van der Waals surface area (Å²) < 4.78 is 29.2. The molecule has 0 unspecified atom stereocenters. The maximum Gasteiger partial charge on any atom is 0.264 e. The van der Waals surface area contributed by atoms with Crippen LogP contribution in [0.25, 0.3) is 0 Å². The normalized spacial score (nSPS) is 12.2. The maximum atomic E-state index is 14.1. The molecule has 1 N–H and O–H groups in total. The van der Waals surface area contributed by atoms with Crippen LogP contribution in [-0.4, -0.2) is 44.3 Å². The molecule has 3 rings (SSSR count). The van der Waals surface area contributed by atoms with E-state index in [1.165, 1.54) is 4.90 Å². The quantitative estimate of drug-likeness (QED) is 0.272. The molecule has 0 aromatic heterocycles. The van der Waals surface area contributed by atoms with Crippen LogP contribution >= 0.6 is 0 Å². The zero-order chi connectivity index (χ0) is 30.2. The van der Waals surface area contributed by atoms with Crippen LogP contribution in [0.1, 0.15) is 68.7 Å². The lowest BCUT2D eigenvalue weighted by atomic mass is 10.0. The van der Waals surface area contributed by atoms with Gasteiger partial charge in [0.2, 0.25) is 11.8 Å². The van der Waals surface area contributed by atoms with E-state index in [1.807, 2.05) is 64.1 Å². The number of nitrogens with one attached hydrogen (secondary N) is 1. The van der Waals surface area contributed by atoms with E-state index in [1.54, 1.807) is 36.4 Å². The Bertz CT molecular complexity index is 1400. The molecule has 220 valence electrons. The fourth-order valence-electron chi connectivity index (χ4n) is 4.57. The van der Waals surface area contributed by atoms with Crippen molar-refractivity contribution in [3.8, 4) is 0 Å². The molecule has 0 spiro atoms. The predicted molar refractivity (Wildman–Crippen MR) is 165 cm³/mol. The molecule has 0 saturated carbocycles. The first-order chi connectivity index (χ1) is 19.5. The van der Waals surface area contributed by atoms with Crippen LogP contribution in [0.4, 0.5) is 5.69 Å². The van der Waals surface area contributed by atoms with Crippen LogP contribution in [0.3, 0.4) is 0 Å². The predicted octanol–water partition coefficient (Wildman–Crippen LogP) is 5.96. The number of benzene rings is 3. The first-order valence-corrected chi connectivity index (χ1v) is 15.7. The van der Waals surface area contributed by atoms with E-state index in [0.29, 0.717) is 18.7 Å². The number of nitrogens with zero attached hydrogens (tertiary/aromatic N) is 2. The number of aryl methyl sites for hydroxylation is 2. The second-order valence-electron chi connectivity index (χ2n) is 10.8. The lowest BCUT2D eigenvalue weighted by Gasteiger charge is -2.33. The third-order valence-corrected chi connectivity index (χ3v) is 8.93. The van der Waals surface area contributed by atoms with Gasteiger partial charge < -0.3 is 10.2 Å². The van der Waals surface area contributed by atoms with Gasteiger partial charge in [0.05, 0.1) is 10.6 Å². The Morgan fingerprint density at radius 2 is 1.39 bits per heavy atom. The molecular formula is C33H43N3O4S. The highest BCUT2D eigenvalue weighted by Gasteiger charge is 2.33. The Hall–Kier alpha value is -3.65. The lowest BCUT2D eigenvalue weighted by molar-refractivity contribution is -0.140. The average Bonchev–Trinajstić information content (AvgIpc) is 2.95. The second-order valence-corrected chi connectivity index (χ2v) is 12.7. The van der Waals surface area contributed by atoms with Gasteiger partial charge in [-0.2, -0.15) is 0 Å². The number of anilines is 1. The van der Waals surface area contributed by atoms with E-state index >= 15 is 0 Å². The van der Waals surface area contributed by atoms with E-state index in [-0.39, 0.29) is 23.3 Å². The third-order valence-electron chi connectivity index (χ3n) is 7.14. The van der Waals surface area contributed by atoms with E-state index in [9.17, 15) is 18.0 Å². The topological polar surface area (TPSA) is 86.8 Å². The number of hydrogen-bond acceptors (Lipinski definition) is 4. The summed E-state index contributed by atoms with van der Waals surface area (Å²) in [4.78, 5) is 28.9. The minimum absolute atomic E-state index is 0.0988. The molecule has 0 heterocycles. The van der Waals surface area contributed by atoms with Gasteiger partial charge in [0, 0.05) is 13.1 Å². The second kappa shape index (κ2) is 14.3. The molecule has 0 aliphatic heterocycles. The van der Waals surface area contributed by atoms with Crippen LogP contribution in [0.5, 0.6) is 0 Å². The van der Waals surface area contributed by atoms with Crippen LogP contribution in [0.2, 0.25) is 0 Å². The molecule has 0 aliphatic carbocycles. The fraction of sp³-hybridized carbons (Fsp3) is 0.394. The highest BCUT2D eigenvalue weighted by atomic mass is 32.2. The summed E-state index contributed by atoms with van der Waals surface area (Å²) in [6.45, 7) is 12.1. The van der Waals surface area contributed by atoms with E-state index in [4.69, 9.17) is 0 Å². The van der Waals surface area contributed by atoms with Crippen molar-refractivity contribution in [1.29, 1.82) is 0 Å². The Morgan fingerprint density at radius 1 is 0.829 bits per heavy atom. The minimum atomic E-state index is -4.09. The number of hydrogen-bond donors (Lipinski definition) is 1. The molecule has 0 fully saturated rings. The average molecular weight is 578 g/mol. The zero-order valence-corrected chi connectivity index (χ0v) is 25.9. The van der Waals surface area contributed by atoms with E-state index < -0.39 is 28.5 Å². The molecular weight excluding hydrogens is 534 g/mol.